The molecule has 0 heterocycles. The summed E-state index contributed by atoms with van der Waals surface area (Å²) in [4.78, 5) is -0.197. The lowest BCUT2D eigenvalue weighted by molar-refractivity contribution is 0.0879. The largest absolute Gasteiger partial charge is 0.368 e. The highest BCUT2D eigenvalue weighted by Gasteiger charge is 2.35. The standard InChI is InChI=1S/C25H28OS2/c1-24(26-2,27-3)19-20-15-17-23(18-16-20)25(28-4,21-11-7-5-8-12-21)22-13-9-6-10-14-22/h5-18H,19H2,1-4H3. The quantitative estimate of drug-likeness (QED) is 0.306. The smallest absolute Gasteiger partial charge is 0.114 e. The van der Waals surface area contributed by atoms with Crippen molar-refractivity contribution >= 4 is 23.5 Å². The molecule has 3 rings (SSSR count). The van der Waals surface area contributed by atoms with Gasteiger partial charge in [-0.2, -0.15) is 0 Å². The average molecular weight is 409 g/mol. The molecule has 0 amide bonds. The van der Waals surface area contributed by atoms with Gasteiger partial charge in [-0.1, -0.05) is 84.9 Å². The highest BCUT2D eigenvalue weighted by molar-refractivity contribution is 8.00. The van der Waals surface area contributed by atoms with E-state index in [4.69, 9.17) is 4.74 Å². The first-order valence-corrected chi connectivity index (χ1v) is 11.9. The zero-order valence-electron chi connectivity index (χ0n) is 17.0. The molecule has 1 atom stereocenters. The van der Waals surface area contributed by atoms with Crippen LogP contribution in [0.5, 0.6) is 0 Å². The molecule has 0 fully saturated rings. The second-order valence-electron chi connectivity index (χ2n) is 7.03. The fraction of sp³-hybridized carbons (Fsp3) is 0.280. The maximum absolute atomic E-state index is 5.71. The molecule has 0 aliphatic rings. The van der Waals surface area contributed by atoms with E-state index in [1.54, 1.807) is 18.9 Å². The lowest BCUT2D eigenvalue weighted by Crippen LogP contribution is -2.26. The number of ether oxygens (including phenoxy) is 1. The van der Waals surface area contributed by atoms with Crippen LogP contribution in [-0.2, 0) is 15.9 Å². The molecule has 3 heteroatoms. The number of hydrogen-bond donors (Lipinski definition) is 0. The van der Waals surface area contributed by atoms with Gasteiger partial charge in [0, 0.05) is 13.5 Å². The van der Waals surface area contributed by atoms with E-state index in [1.807, 2.05) is 11.8 Å². The van der Waals surface area contributed by atoms with Crippen LogP contribution in [0.15, 0.2) is 84.9 Å². The number of methoxy groups -OCH3 is 1. The molecule has 1 unspecified atom stereocenters. The van der Waals surface area contributed by atoms with Crippen LogP contribution in [-0.4, -0.2) is 24.6 Å². The number of hydrogen-bond acceptors (Lipinski definition) is 3. The van der Waals surface area contributed by atoms with E-state index in [0.29, 0.717) is 0 Å². The third kappa shape index (κ3) is 4.17. The lowest BCUT2D eigenvalue weighted by atomic mass is 9.83. The first-order chi connectivity index (χ1) is 13.6. The van der Waals surface area contributed by atoms with Gasteiger partial charge in [-0.3, -0.25) is 0 Å². The average Bonchev–Trinajstić information content (AvgIpc) is 2.77. The Bertz CT molecular complexity index is 817. The van der Waals surface area contributed by atoms with Gasteiger partial charge in [-0.25, -0.2) is 0 Å². The summed E-state index contributed by atoms with van der Waals surface area (Å²) in [6.45, 7) is 2.14. The van der Waals surface area contributed by atoms with Crippen LogP contribution in [0, 0.1) is 0 Å². The van der Waals surface area contributed by atoms with Crippen molar-refractivity contribution in [1.29, 1.82) is 0 Å². The number of benzene rings is 3. The maximum Gasteiger partial charge on any atom is 0.114 e. The normalized spacial score (nSPS) is 13.9. The number of rotatable bonds is 8. The minimum atomic E-state index is -0.231. The minimum Gasteiger partial charge on any atom is -0.368 e. The molecule has 146 valence electrons. The fourth-order valence-corrected chi connectivity index (χ4v) is 5.25. The maximum atomic E-state index is 5.71. The van der Waals surface area contributed by atoms with Gasteiger partial charge in [0.2, 0.25) is 0 Å². The zero-order valence-corrected chi connectivity index (χ0v) is 18.6. The Morgan fingerprint density at radius 2 is 1.14 bits per heavy atom. The Labute approximate surface area is 177 Å². The minimum absolute atomic E-state index is 0.197. The van der Waals surface area contributed by atoms with E-state index in [9.17, 15) is 0 Å². The Balaban J connectivity index is 2.07. The summed E-state index contributed by atoms with van der Waals surface area (Å²) in [5.41, 5.74) is 5.18. The molecule has 28 heavy (non-hydrogen) atoms. The van der Waals surface area contributed by atoms with E-state index >= 15 is 0 Å². The monoisotopic (exact) mass is 408 g/mol. The molecule has 0 aliphatic carbocycles. The van der Waals surface area contributed by atoms with E-state index in [2.05, 4.69) is 104 Å². The molecule has 0 saturated heterocycles. The highest BCUT2D eigenvalue weighted by atomic mass is 32.2. The van der Waals surface area contributed by atoms with E-state index in [0.717, 1.165) is 6.42 Å². The molecule has 0 aromatic heterocycles. The van der Waals surface area contributed by atoms with Crippen molar-refractivity contribution in [2.75, 3.05) is 19.6 Å². The van der Waals surface area contributed by atoms with Gasteiger partial charge in [0.05, 0.1) is 4.75 Å². The molecule has 3 aromatic rings. The van der Waals surface area contributed by atoms with Crippen molar-refractivity contribution in [2.45, 2.75) is 23.0 Å². The van der Waals surface area contributed by atoms with Crippen LogP contribution in [0.1, 0.15) is 29.2 Å². The summed E-state index contributed by atoms with van der Waals surface area (Å²) < 4.78 is 5.48. The predicted molar refractivity (Wildman–Crippen MR) is 125 cm³/mol. The Hall–Kier alpha value is -1.68. The molecule has 0 spiro atoms. The highest BCUT2D eigenvalue weighted by Crippen LogP contribution is 2.47. The summed E-state index contributed by atoms with van der Waals surface area (Å²) in [5, 5.41) is 0. The SMILES string of the molecule is COC(C)(Cc1ccc(C(SC)(c2ccccc2)c2ccccc2)cc1)SC. The molecular formula is C25H28OS2. The number of thioether (sulfide) groups is 2. The third-order valence-electron chi connectivity index (χ3n) is 5.42. The van der Waals surface area contributed by atoms with Gasteiger partial charge >= 0.3 is 0 Å². The summed E-state index contributed by atoms with van der Waals surface area (Å²) in [6, 6.07) is 30.6. The molecule has 0 saturated carbocycles. The van der Waals surface area contributed by atoms with Crippen LogP contribution in [0.4, 0.5) is 0 Å². The molecule has 0 bridgehead atoms. The predicted octanol–water partition coefficient (Wildman–Crippen LogP) is 6.61. The van der Waals surface area contributed by atoms with Crippen LogP contribution >= 0.6 is 23.5 Å². The van der Waals surface area contributed by atoms with E-state index < -0.39 is 0 Å². The molecule has 0 aliphatic heterocycles. The van der Waals surface area contributed by atoms with Crippen molar-refractivity contribution in [2.24, 2.45) is 0 Å². The second kappa shape index (κ2) is 9.21. The van der Waals surface area contributed by atoms with Gasteiger partial charge < -0.3 is 4.74 Å². The van der Waals surface area contributed by atoms with Gasteiger partial charge in [-0.05, 0) is 41.7 Å². The molecule has 0 N–H and O–H groups in total. The van der Waals surface area contributed by atoms with Gasteiger partial charge in [-0.15, -0.1) is 23.5 Å². The summed E-state index contributed by atoms with van der Waals surface area (Å²) in [7, 11) is 1.79. The molecule has 0 radical (unpaired) electrons. The Morgan fingerprint density at radius 3 is 1.54 bits per heavy atom. The van der Waals surface area contributed by atoms with Crippen LogP contribution < -0.4 is 0 Å². The topological polar surface area (TPSA) is 9.23 Å². The third-order valence-corrected chi connectivity index (χ3v) is 7.91. The Kier molecular flexibility index (Phi) is 6.92. The van der Waals surface area contributed by atoms with Crippen molar-refractivity contribution in [3.05, 3.63) is 107 Å². The van der Waals surface area contributed by atoms with Crippen molar-refractivity contribution in [3.63, 3.8) is 0 Å². The van der Waals surface area contributed by atoms with Crippen molar-refractivity contribution in [3.8, 4) is 0 Å². The van der Waals surface area contributed by atoms with Gasteiger partial charge in [0.1, 0.15) is 4.93 Å². The fourth-order valence-electron chi connectivity index (χ4n) is 3.66. The van der Waals surface area contributed by atoms with E-state index in [-0.39, 0.29) is 9.68 Å². The first kappa shape index (κ1) is 21.0. The Morgan fingerprint density at radius 1 is 0.679 bits per heavy atom. The molecule has 1 nitrogen and oxygen atoms in total. The van der Waals surface area contributed by atoms with Crippen LogP contribution in [0.3, 0.4) is 0 Å². The van der Waals surface area contributed by atoms with Gasteiger partial charge in [0.25, 0.3) is 0 Å². The van der Waals surface area contributed by atoms with Crippen LogP contribution in [0.2, 0.25) is 0 Å². The summed E-state index contributed by atoms with van der Waals surface area (Å²) in [5.74, 6) is 0. The molecular weight excluding hydrogens is 380 g/mol. The van der Waals surface area contributed by atoms with E-state index in [1.165, 1.54) is 22.3 Å². The van der Waals surface area contributed by atoms with Gasteiger partial charge in [0.15, 0.2) is 0 Å². The summed E-state index contributed by atoms with van der Waals surface area (Å²) >= 11 is 3.62. The summed E-state index contributed by atoms with van der Waals surface area (Å²) in [6.07, 6.45) is 5.18. The molecule has 3 aromatic carbocycles. The van der Waals surface area contributed by atoms with Crippen LogP contribution in [0.25, 0.3) is 0 Å². The van der Waals surface area contributed by atoms with Crippen molar-refractivity contribution in [1.82, 2.24) is 0 Å². The lowest BCUT2D eigenvalue weighted by Gasteiger charge is -2.34. The first-order valence-electron chi connectivity index (χ1n) is 9.44. The zero-order chi connectivity index (χ0) is 20.0. The second-order valence-corrected chi connectivity index (χ2v) is 9.33. The van der Waals surface area contributed by atoms with Crippen molar-refractivity contribution < 1.29 is 4.74 Å².